The minimum Gasteiger partial charge on any atom is -0.325 e. The minimum atomic E-state index is -3.24. The largest absolute Gasteiger partial charge is 0.325 e. The second-order valence-corrected chi connectivity index (χ2v) is 11.9. The predicted octanol–water partition coefficient (Wildman–Crippen LogP) is 4.06. The van der Waals surface area contributed by atoms with Crippen LogP contribution in [0.1, 0.15) is 0 Å². The van der Waals surface area contributed by atoms with Crippen LogP contribution in [0.4, 0.5) is 15.8 Å². The van der Waals surface area contributed by atoms with E-state index in [0.29, 0.717) is 15.3 Å². The number of hydrogen-bond donors (Lipinski definition) is 1. The Labute approximate surface area is 194 Å². The number of carbonyl (C=O) groups is 1. The number of carbonyl (C=O) groups excluding carboxylic acids is 1. The van der Waals surface area contributed by atoms with Gasteiger partial charge in [0.2, 0.25) is 5.91 Å². The molecule has 0 aliphatic carbocycles. The summed E-state index contributed by atoms with van der Waals surface area (Å²) < 4.78 is 40.3. The van der Waals surface area contributed by atoms with Crippen molar-refractivity contribution in [3.05, 3.63) is 57.2 Å². The molecule has 2 aliphatic rings. The molecule has 2 aliphatic heterocycles. The van der Waals surface area contributed by atoms with Crippen LogP contribution in [0.5, 0.6) is 0 Å². The van der Waals surface area contributed by atoms with Crippen LogP contribution in [0.3, 0.4) is 0 Å². The molecule has 2 atom stereocenters. The lowest BCUT2D eigenvalue weighted by Crippen LogP contribution is -2.40. The van der Waals surface area contributed by atoms with Crippen molar-refractivity contribution in [3.8, 4) is 0 Å². The number of benzene rings is 2. The highest BCUT2D eigenvalue weighted by molar-refractivity contribution is 9.10. The summed E-state index contributed by atoms with van der Waals surface area (Å²) >= 11 is 7.75. The fourth-order valence-electron chi connectivity index (χ4n) is 3.45. The van der Waals surface area contributed by atoms with Gasteiger partial charge in [0.1, 0.15) is 5.82 Å². The van der Waals surface area contributed by atoms with Crippen molar-refractivity contribution in [2.75, 3.05) is 27.5 Å². The number of hydrogen-bond acceptors (Lipinski definition) is 6. The van der Waals surface area contributed by atoms with Gasteiger partial charge in [0.15, 0.2) is 15.0 Å². The number of anilines is 2. The third-order valence-electron chi connectivity index (χ3n) is 4.74. The van der Waals surface area contributed by atoms with E-state index in [9.17, 15) is 17.6 Å². The molecular weight excluding hydrogens is 561 g/mol. The highest BCUT2D eigenvalue weighted by Crippen LogP contribution is 2.37. The lowest BCUT2D eigenvalue weighted by atomic mass is 10.1. The Kier molecular flexibility index (Phi) is 6.25. The van der Waals surface area contributed by atoms with Crippen LogP contribution in [0.15, 0.2) is 56.4 Å². The molecule has 0 saturated carbocycles. The SMILES string of the molecule is O=C(CSC1=N[C@@H]2CS(=O)(=O)C[C@H]2N1c1ccc(Br)cc1F)Nc1ccc(Br)cc1. The normalized spacial score (nSPS) is 22.0. The van der Waals surface area contributed by atoms with Gasteiger partial charge < -0.3 is 10.2 Å². The first-order valence-electron chi connectivity index (χ1n) is 8.92. The molecular formula is C19H16Br2FN3O3S2. The highest BCUT2D eigenvalue weighted by atomic mass is 79.9. The quantitative estimate of drug-likeness (QED) is 0.594. The number of fused-ring (bicyclic) bond motifs is 1. The molecule has 0 bridgehead atoms. The van der Waals surface area contributed by atoms with E-state index in [1.165, 1.54) is 17.8 Å². The summed E-state index contributed by atoms with van der Waals surface area (Å²) in [5, 5.41) is 3.25. The van der Waals surface area contributed by atoms with Crippen molar-refractivity contribution in [3.63, 3.8) is 0 Å². The molecule has 158 valence electrons. The molecule has 2 heterocycles. The summed E-state index contributed by atoms with van der Waals surface area (Å²) in [5.74, 6) is -0.809. The van der Waals surface area contributed by atoms with Crippen LogP contribution in [-0.2, 0) is 14.6 Å². The second kappa shape index (κ2) is 8.60. The number of nitrogens with one attached hydrogen (secondary N) is 1. The Morgan fingerprint density at radius 2 is 1.87 bits per heavy atom. The molecule has 0 spiro atoms. The van der Waals surface area contributed by atoms with Gasteiger partial charge in [-0.3, -0.25) is 9.79 Å². The zero-order chi connectivity index (χ0) is 21.5. The van der Waals surface area contributed by atoms with Gasteiger partial charge in [0.05, 0.1) is 35.0 Å². The second-order valence-electron chi connectivity index (χ2n) is 6.93. The van der Waals surface area contributed by atoms with E-state index in [1.807, 2.05) is 12.1 Å². The summed E-state index contributed by atoms with van der Waals surface area (Å²) in [7, 11) is -3.24. The summed E-state index contributed by atoms with van der Waals surface area (Å²) in [5.41, 5.74) is 0.915. The summed E-state index contributed by atoms with van der Waals surface area (Å²) in [4.78, 5) is 18.5. The third kappa shape index (κ3) is 4.74. The van der Waals surface area contributed by atoms with E-state index in [1.54, 1.807) is 29.2 Å². The van der Waals surface area contributed by atoms with Gasteiger partial charge in [-0.05, 0) is 42.5 Å². The van der Waals surface area contributed by atoms with E-state index in [0.717, 1.165) is 4.47 Å². The van der Waals surface area contributed by atoms with Crippen molar-refractivity contribution in [1.29, 1.82) is 0 Å². The molecule has 1 saturated heterocycles. The van der Waals surface area contributed by atoms with Gasteiger partial charge >= 0.3 is 0 Å². The molecule has 2 aromatic rings. The number of aliphatic imine (C=N–C) groups is 1. The first-order chi connectivity index (χ1) is 14.2. The van der Waals surface area contributed by atoms with Crippen molar-refractivity contribution >= 4 is 75.9 Å². The maximum Gasteiger partial charge on any atom is 0.234 e. The monoisotopic (exact) mass is 575 g/mol. The topological polar surface area (TPSA) is 78.8 Å². The number of nitrogens with zero attached hydrogens (tertiary/aromatic N) is 2. The van der Waals surface area contributed by atoms with E-state index in [2.05, 4.69) is 42.2 Å². The molecule has 0 aromatic heterocycles. The zero-order valence-corrected chi connectivity index (χ0v) is 20.2. The zero-order valence-electron chi connectivity index (χ0n) is 15.4. The Balaban J connectivity index is 1.52. The Hall–Kier alpha value is -1.43. The Bertz CT molecular complexity index is 1130. The number of amidine groups is 1. The molecule has 11 heteroatoms. The number of amides is 1. The van der Waals surface area contributed by atoms with Crippen LogP contribution in [0.25, 0.3) is 0 Å². The van der Waals surface area contributed by atoms with Gasteiger partial charge in [0, 0.05) is 14.6 Å². The fraction of sp³-hybridized carbons (Fsp3) is 0.263. The van der Waals surface area contributed by atoms with Crippen LogP contribution in [-0.4, -0.2) is 48.8 Å². The van der Waals surface area contributed by atoms with Crippen molar-refractivity contribution < 1.29 is 17.6 Å². The number of sulfone groups is 1. The molecule has 4 rings (SSSR count). The van der Waals surface area contributed by atoms with Crippen LogP contribution < -0.4 is 10.2 Å². The lowest BCUT2D eigenvalue weighted by molar-refractivity contribution is -0.113. The van der Waals surface area contributed by atoms with Crippen molar-refractivity contribution in [1.82, 2.24) is 0 Å². The molecule has 1 N–H and O–H groups in total. The van der Waals surface area contributed by atoms with Crippen LogP contribution in [0.2, 0.25) is 0 Å². The summed E-state index contributed by atoms with van der Waals surface area (Å²) in [6, 6.07) is 10.9. The fourth-order valence-corrected chi connectivity index (χ4v) is 6.81. The summed E-state index contributed by atoms with van der Waals surface area (Å²) in [6.07, 6.45) is 0. The molecule has 0 radical (unpaired) electrons. The molecule has 1 fully saturated rings. The predicted molar refractivity (Wildman–Crippen MR) is 125 cm³/mol. The van der Waals surface area contributed by atoms with E-state index in [-0.39, 0.29) is 28.9 Å². The molecule has 2 aromatic carbocycles. The van der Waals surface area contributed by atoms with Crippen LogP contribution in [0, 0.1) is 5.82 Å². The Morgan fingerprint density at radius 1 is 1.17 bits per heavy atom. The molecule has 6 nitrogen and oxygen atoms in total. The van der Waals surface area contributed by atoms with E-state index in [4.69, 9.17) is 0 Å². The summed E-state index contributed by atoms with van der Waals surface area (Å²) in [6.45, 7) is 0. The maximum absolute atomic E-state index is 14.7. The Morgan fingerprint density at radius 3 is 2.57 bits per heavy atom. The average Bonchev–Trinajstić information content (AvgIpc) is 3.13. The lowest BCUT2D eigenvalue weighted by Gasteiger charge is -2.26. The minimum absolute atomic E-state index is 0.0652. The van der Waals surface area contributed by atoms with E-state index < -0.39 is 27.7 Å². The third-order valence-corrected chi connectivity index (χ3v) is 8.42. The average molecular weight is 577 g/mol. The van der Waals surface area contributed by atoms with Crippen molar-refractivity contribution in [2.45, 2.75) is 12.1 Å². The van der Waals surface area contributed by atoms with Gasteiger partial charge in [0.25, 0.3) is 0 Å². The number of rotatable bonds is 4. The molecule has 1 amide bonds. The first-order valence-corrected chi connectivity index (χ1v) is 13.3. The van der Waals surface area contributed by atoms with Crippen molar-refractivity contribution in [2.24, 2.45) is 4.99 Å². The van der Waals surface area contributed by atoms with Gasteiger partial charge in [-0.15, -0.1) is 0 Å². The standard InChI is InChI=1S/C19H16Br2FN3O3S2/c20-11-1-4-13(5-2-11)23-18(26)8-29-19-24-15-9-30(27,28)10-17(15)25(19)16-6-3-12(21)7-14(16)22/h1-7,15,17H,8-10H2,(H,23,26)/t15-,17-/m1/s1. The van der Waals surface area contributed by atoms with E-state index >= 15 is 0 Å². The smallest absolute Gasteiger partial charge is 0.234 e. The van der Waals surface area contributed by atoms with Gasteiger partial charge in [-0.25, -0.2) is 12.8 Å². The van der Waals surface area contributed by atoms with Crippen LogP contribution >= 0.6 is 43.6 Å². The molecule has 0 unspecified atom stereocenters. The number of thioether (sulfide) groups is 1. The molecule has 30 heavy (non-hydrogen) atoms. The highest BCUT2D eigenvalue weighted by Gasteiger charge is 2.47. The van der Waals surface area contributed by atoms with Gasteiger partial charge in [-0.2, -0.15) is 0 Å². The van der Waals surface area contributed by atoms with Gasteiger partial charge in [-0.1, -0.05) is 43.6 Å². The maximum atomic E-state index is 14.7. The number of halogens is 3. The first kappa shape index (κ1) is 21.8.